The molecule has 2 rings (SSSR count). The van der Waals surface area contributed by atoms with E-state index in [0.29, 0.717) is 11.8 Å². The van der Waals surface area contributed by atoms with Gasteiger partial charge >= 0.3 is 6.18 Å². The van der Waals surface area contributed by atoms with E-state index in [4.69, 9.17) is 16.4 Å². The number of hydrogen-bond acceptors (Lipinski definition) is 6. The number of carbonyl (C=O) groups excluding carboxylic acids is 1. The molecule has 1 amide bonds. The molecule has 0 radical (unpaired) electrons. The minimum absolute atomic E-state index is 0.116. The number of nitrogens with two attached hydrogens (primary N) is 1. The van der Waals surface area contributed by atoms with Crippen LogP contribution in [0.4, 0.5) is 24.5 Å². The van der Waals surface area contributed by atoms with Crippen molar-refractivity contribution in [1.82, 2.24) is 5.43 Å². The first-order chi connectivity index (χ1) is 13.2. The smallest absolute Gasteiger partial charge is 0.382 e. The molecule has 0 aliphatic heterocycles. The van der Waals surface area contributed by atoms with Crippen molar-refractivity contribution < 1.29 is 18.0 Å². The van der Waals surface area contributed by atoms with Gasteiger partial charge in [0.2, 0.25) is 5.71 Å². The molecule has 6 N–H and O–H groups in total. The molecule has 0 bridgehead atoms. The molecule has 0 saturated carbocycles. The number of para-hydroxylation sites is 1. The highest BCUT2D eigenvalue weighted by Crippen LogP contribution is 2.32. The summed E-state index contributed by atoms with van der Waals surface area (Å²) in [7, 11) is 0. The number of nitrogens with zero attached hydrogens (tertiary/aromatic N) is 2. The molecule has 2 aromatic carbocycles. The maximum Gasteiger partial charge on any atom is 0.416 e. The van der Waals surface area contributed by atoms with Gasteiger partial charge in [0.25, 0.3) is 5.91 Å². The Bertz CT molecular complexity index is 949. The Labute approximate surface area is 157 Å². The number of alkyl halides is 3. The highest BCUT2D eigenvalue weighted by Gasteiger charge is 2.32. The van der Waals surface area contributed by atoms with Gasteiger partial charge in [0, 0.05) is 0 Å². The fourth-order valence-corrected chi connectivity index (χ4v) is 1.99. The predicted molar refractivity (Wildman–Crippen MR) is 97.6 cm³/mol. The number of amides is 1. The first-order valence-corrected chi connectivity index (χ1v) is 7.63. The fraction of sp³-hybridized carbons (Fsp3) is 0.0588. The third-order valence-electron chi connectivity index (χ3n) is 3.33. The Morgan fingerprint density at radius 2 is 1.86 bits per heavy atom. The van der Waals surface area contributed by atoms with E-state index in [2.05, 4.69) is 21.4 Å². The Hall–Kier alpha value is -4.07. The molecule has 0 heterocycles. The fourth-order valence-electron chi connectivity index (χ4n) is 1.99. The molecule has 2 aromatic rings. The van der Waals surface area contributed by atoms with E-state index in [1.54, 1.807) is 36.4 Å². The van der Waals surface area contributed by atoms with Crippen LogP contribution in [0.25, 0.3) is 0 Å². The van der Waals surface area contributed by atoms with E-state index in [-0.39, 0.29) is 11.3 Å². The van der Waals surface area contributed by atoms with Gasteiger partial charge in [0.05, 0.1) is 22.5 Å². The van der Waals surface area contributed by atoms with Gasteiger partial charge in [-0.1, -0.05) is 18.2 Å². The number of nitrogens with one attached hydrogen (secondary N) is 4. The maximum absolute atomic E-state index is 13.0. The Morgan fingerprint density at radius 3 is 2.43 bits per heavy atom. The van der Waals surface area contributed by atoms with Crippen LogP contribution >= 0.6 is 0 Å². The predicted octanol–water partition coefficient (Wildman–Crippen LogP) is 2.69. The summed E-state index contributed by atoms with van der Waals surface area (Å²) < 4.78 is 39.0. The third kappa shape index (κ3) is 5.21. The Balaban J connectivity index is 2.33. The molecule has 0 aliphatic rings. The second kappa shape index (κ2) is 8.54. The van der Waals surface area contributed by atoms with E-state index >= 15 is 0 Å². The lowest BCUT2D eigenvalue weighted by Crippen LogP contribution is -2.30. The van der Waals surface area contributed by atoms with Gasteiger partial charge in [-0.2, -0.15) is 23.5 Å². The summed E-state index contributed by atoms with van der Waals surface area (Å²) in [5.74, 6) is -1.52. The molecular weight excluding hydrogens is 375 g/mol. The number of anilines is 2. The van der Waals surface area contributed by atoms with E-state index in [1.807, 2.05) is 0 Å². The average molecular weight is 389 g/mol. The van der Waals surface area contributed by atoms with Crippen LogP contribution in [-0.2, 0) is 6.18 Å². The van der Waals surface area contributed by atoms with Crippen molar-refractivity contribution in [2.45, 2.75) is 6.18 Å². The van der Waals surface area contributed by atoms with Gasteiger partial charge in [-0.3, -0.25) is 26.5 Å². The molecule has 28 heavy (non-hydrogen) atoms. The zero-order chi connectivity index (χ0) is 20.7. The number of amidine groups is 1. The number of nitriles is 1. The minimum Gasteiger partial charge on any atom is -0.382 e. The molecule has 0 aliphatic carbocycles. The van der Waals surface area contributed by atoms with Crippen LogP contribution in [0.5, 0.6) is 0 Å². The number of hydrazone groups is 1. The second-order valence-corrected chi connectivity index (χ2v) is 5.30. The van der Waals surface area contributed by atoms with Crippen LogP contribution in [0.3, 0.4) is 0 Å². The van der Waals surface area contributed by atoms with Crippen molar-refractivity contribution in [3.05, 3.63) is 59.7 Å². The number of carbonyl (C=O) groups is 1. The summed E-state index contributed by atoms with van der Waals surface area (Å²) in [5, 5.41) is 19.6. The zero-order valence-electron chi connectivity index (χ0n) is 14.1. The summed E-state index contributed by atoms with van der Waals surface area (Å²) in [6.45, 7) is 0. The van der Waals surface area contributed by atoms with Gasteiger partial charge < -0.3 is 5.73 Å². The van der Waals surface area contributed by atoms with Crippen LogP contribution in [0.2, 0.25) is 0 Å². The van der Waals surface area contributed by atoms with Crippen molar-refractivity contribution in [3.8, 4) is 6.07 Å². The zero-order valence-corrected chi connectivity index (χ0v) is 14.1. The topological polar surface area (TPSA) is 139 Å². The average Bonchev–Trinajstić information content (AvgIpc) is 2.66. The number of hydrogen-bond donors (Lipinski definition) is 5. The van der Waals surface area contributed by atoms with Crippen molar-refractivity contribution in [3.63, 3.8) is 0 Å². The summed E-state index contributed by atoms with van der Waals surface area (Å²) in [6, 6.07) is 12.4. The number of benzene rings is 2. The lowest BCUT2D eigenvalue weighted by molar-refractivity contribution is -0.137. The van der Waals surface area contributed by atoms with Gasteiger partial charge in [-0.05, 0) is 30.3 Å². The van der Waals surface area contributed by atoms with Crippen molar-refractivity contribution in [1.29, 1.82) is 10.7 Å². The van der Waals surface area contributed by atoms with Crippen molar-refractivity contribution >= 4 is 28.8 Å². The van der Waals surface area contributed by atoms with Crippen molar-refractivity contribution in [2.24, 2.45) is 10.8 Å². The van der Waals surface area contributed by atoms with Crippen molar-refractivity contribution in [2.75, 3.05) is 10.9 Å². The van der Waals surface area contributed by atoms with Crippen LogP contribution in [-0.4, -0.2) is 17.5 Å². The maximum atomic E-state index is 13.0. The summed E-state index contributed by atoms with van der Waals surface area (Å²) in [6.07, 6.45) is -4.67. The Kier molecular flexibility index (Phi) is 6.18. The molecule has 0 atom stereocenters. The largest absolute Gasteiger partial charge is 0.416 e. The van der Waals surface area contributed by atoms with E-state index in [0.717, 1.165) is 12.1 Å². The van der Waals surface area contributed by atoms with Gasteiger partial charge in [0.15, 0.2) is 5.84 Å². The van der Waals surface area contributed by atoms with Gasteiger partial charge in [-0.15, -0.1) is 0 Å². The lowest BCUT2D eigenvalue weighted by Gasteiger charge is -2.14. The van der Waals surface area contributed by atoms with E-state index < -0.39 is 29.2 Å². The summed E-state index contributed by atoms with van der Waals surface area (Å²) in [5.41, 5.74) is 10.8. The summed E-state index contributed by atoms with van der Waals surface area (Å²) >= 11 is 0. The summed E-state index contributed by atoms with van der Waals surface area (Å²) in [4.78, 5) is 12.4. The van der Waals surface area contributed by atoms with Crippen LogP contribution in [0.1, 0.15) is 15.9 Å². The molecule has 11 heteroatoms. The highest BCUT2D eigenvalue weighted by atomic mass is 19.4. The molecule has 0 unspecified atom stereocenters. The quantitative estimate of drug-likeness (QED) is 0.294. The minimum atomic E-state index is -4.67. The van der Waals surface area contributed by atoms with Crippen LogP contribution in [0, 0.1) is 16.7 Å². The van der Waals surface area contributed by atoms with Crippen LogP contribution in [0.15, 0.2) is 53.6 Å². The molecule has 0 spiro atoms. The number of rotatable bonds is 6. The van der Waals surface area contributed by atoms with E-state index in [9.17, 15) is 18.0 Å². The molecule has 144 valence electrons. The van der Waals surface area contributed by atoms with Gasteiger partial charge in [-0.25, -0.2) is 0 Å². The second-order valence-electron chi connectivity index (χ2n) is 5.30. The molecule has 0 aromatic heterocycles. The SMILES string of the molecule is N#C/C(=N\Nc1ccc(C(F)(F)F)cc1C(=O)NNc1ccccc1)C(=N)N. The first kappa shape index (κ1) is 20.2. The first-order valence-electron chi connectivity index (χ1n) is 7.63. The standard InChI is InChI=1S/C17H14F3N7O/c18-17(19,20)10-6-7-13(25-26-14(9-21)15(22)23)12(8-10)16(28)27-24-11-4-2-1-3-5-11/h1-8,24-25H,(H3,22,23)(H,27,28)/b26-14+. The lowest BCUT2D eigenvalue weighted by atomic mass is 10.1. The molecule has 8 nitrogen and oxygen atoms in total. The number of hydrazine groups is 1. The molecule has 0 saturated heterocycles. The normalized spacial score (nSPS) is 11.3. The van der Waals surface area contributed by atoms with Gasteiger partial charge in [0.1, 0.15) is 6.07 Å². The van der Waals surface area contributed by atoms with Crippen LogP contribution < -0.4 is 22.0 Å². The molecular formula is C17H14F3N7O. The highest BCUT2D eigenvalue weighted by molar-refractivity contribution is 6.45. The third-order valence-corrected chi connectivity index (χ3v) is 3.33. The Morgan fingerprint density at radius 1 is 1.18 bits per heavy atom. The van der Waals surface area contributed by atoms with E-state index in [1.165, 1.54) is 0 Å². The number of halogens is 3. The molecule has 0 fully saturated rings. The monoisotopic (exact) mass is 389 g/mol.